The van der Waals surface area contributed by atoms with Crippen LogP contribution in [0.1, 0.15) is 66.7 Å². The molecule has 3 aromatic rings. The van der Waals surface area contributed by atoms with Crippen LogP contribution < -0.4 is 5.32 Å². The summed E-state index contributed by atoms with van der Waals surface area (Å²) in [5.74, 6) is 1.04. The van der Waals surface area contributed by atoms with Crippen molar-refractivity contribution >= 4 is 16.7 Å². The topological polar surface area (TPSA) is 78.3 Å². The fraction of sp³-hybridized carbons (Fsp3) is 0.440. The van der Waals surface area contributed by atoms with E-state index in [1.54, 1.807) is 19.9 Å². The highest BCUT2D eigenvalue weighted by Gasteiger charge is 2.35. The van der Waals surface area contributed by atoms with Gasteiger partial charge in [-0.3, -0.25) is 0 Å². The van der Waals surface area contributed by atoms with E-state index in [1.807, 2.05) is 19.1 Å². The zero-order chi connectivity index (χ0) is 24.0. The molecule has 0 radical (unpaired) electrons. The third-order valence-electron chi connectivity index (χ3n) is 6.49. The van der Waals surface area contributed by atoms with Crippen molar-refractivity contribution in [2.45, 2.75) is 70.4 Å². The molecule has 5 nitrogen and oxygen atoms in total. The Hall–Kier alpha value is -2.71. The number of nitrogens with zero attached hydrogens (tertiary/aromatic N) is 2. The molecule has 1 fully saturated rings. The Labute approximate surface area is 190 Å². The molecule has 33 heavy (non-hydrogen) atoms. The number of aliphatic hydroxyl groups excluding tert-OH is 1. The van der Waals surface area contributed by atoms with Crippen LogP contribution in [-0.4, -0.2) is 26.3 Å². The van der Waals surface area contributed by atoms with Gasteiger partial charge in [-0.05, 0) is 81.3 Å². The van der Waals surface area contributed by atoms with Crippen molar-refractivity contribution in [3.63, 3.8) is 0 Å². The van der Waals surface area contributed by atoms with E-state index in [9.17, 15) is 23.4 Å². The number of nitrogens with one attached hydrogen (secondary N) is 1. The number of fused-ring (bicyclic) bond motifs is 1. The Morgan fingerprint density at radius 3 is 2.45 bits per heavy atom. The Morgan fingerprint density at radius 2 is 1.79 bits per heavy atom. The number of hydrogen-bond acceptors (Lipinski definition) is 5. The normalized spacial score (nSPS) is 22.4. The fourth-order valence-electron chi connectivity index (χ4n) is 4.54. The molecule has 0 aliphatic heterocycles. The maximum atomic E-state index is 13.2. The quantitative estimate of drug-likeness (QED) is 0.476. The predicted molar refractivity (Wildman–Crippen MR) is 121 cm³/mol. The van der Waals surface area contributed by atoms with Gasteiger partial charge in [0.2, 0.25) is 0 Å². The van der Waals surface area contributed by atoms with Gasteiger partial charge in [0.05, 0.1) is 22.8 Å². The summed E-state index contributed by atoms with van der Waals surface area (Å²) in [5, 5.41) is 25.1. The van der Waals surface area contributed by atoms with Crippen LogP contribution in [0.25, 0.3) is 10.9 Å². The second-order valence-electron chi connectivity index (χ2n) is 9.06. The smallest absolute Gasteiger partial charge is 0.393 e. The molecule has 1 atom stereocenters. The molecule has 0 unspecified atom stereocenters. The van der Waals surface area contributed by atoms with Crippen LogP contribution in [0.4, 0.5) is 19.0 Å². The van der Waals surface area contributed by atoms with E-state index >= 15 is 0 Å². The first-order valence-corrected chi connectivity index (χ1v) is 11.1. The van der Waals surface area contributed by atoms with Gasteiger partial charge in [-0.25, -0.2) is 9.97 Å². The van der Waals surface area contributed by atoms with E-state index in [0.717, 1.165) is 28.8 Å². The number of anilines is 1. The van der Waals surface area contributed by atoms with Crippen LogP contribution in [0.5, 0.6) is 0 Å². The van der Waals surface area contributed by atoms with Crippen LogP contribution in [-0.2, 0) is 11.8 Å². The minimum absolute atomic E-state index is 0.400. The third kappa shape index (κ3) is 4.82. The Balaban J connectivity index is 1.74. The second-order valence-corrected chi connectivity index (χ2v) is 9.06. The Bertz CT molecular complexity index is 1170. The number of aliphatic hydroxyl groups is 2. The lowest BCUT2D eigenvalue weighted by atomic mass is 9.78. The number of aryl methyl sites for hydroxylation is 2. The molecule has 3 N–H and O–H groups in total. The first kappa shape index (κ1) is 23.4. The van der Waals surface area contributed by atoms with Crippen molar-refractivity contribution in [3.8, 4) is 0 Å². The highest BCUT2D eigenvalue weighted by molar-refractivity contribution is 5.92. The molecule has 8 heteroatoms. The van der Waals surface area contributed by atoms with Gasteiger partial charge in [0.25, 0.3) is 0 Å². The van der Waals surface area contributed by atoms with E-state index in [4.69, 9.17) is 0 Å². The molecule has 0 saturated heterocycles. The summed E-state index contributed by atoms with van der Waals surface area (Å²) in [6, 6.07) is 8.58. The standard InChI is InChI=1S/C25H28F3N3O2/c1-14-11-19(24(33)9-7-20(32)8-10-24)13-21-22(14)30-16(3)31-23(21)29-15(2)17-5-4-6-18(12-17)25(26,27)28/h4-6,11-13,15,20,32-33H,7-10H2,1-3H3,(H,29,30,31)/t15-,20?,24?/m1/s1. The van der Waals surface area contributed by atoms with Gasteiger partial charge in [-0.15, -0.1) is 0 Å². The molecular formula is C25H28F3N3O2. The summed E-state index contributed by atoms with van der Waals surface area (Å²) in [6.07, 6.45) is -2.86. The van der Waals surface area contributed by atoms with E-state index in [0.29, 0.717) is 48.3 Å². The number of alkyl halides is 3. The van der Waals surface area contributed by atoms with Crippen molar-refractivity contribution in [2.24, 2.45) is 0 Å². The minimum Gasteiger partial charge on any atom is -0.393 e. The van der Waals surface area contributed by atoms with Gasteiger partial charge in [0, 0.05) is 11.4 Å². The van der Waals surface area contributed by atoms with Gasteiger partial charge < -0.3 is 15.5 Å². The van der Waals surface area contributed by atoms with Crippen molar-refractivity contribution in [1.82, 2.24) is 9.97 Å². The van der Waals surface area contributed by atoms with Crippen molar-refractivity contribution < 1.29 is 23.4 Å². The summed E-state index contributed by atoms with van der Waals surface area (Å²) < 4.78 is 39.5. The fourth-order valence-corrected chi connectivity index (χ4v) is 4.54. The molecule has 176 valence electrons. The lowest BCUT2D eigenvalue weighted by molar-refractivity contribution is -0.137. The molecule has 1 aromatic heterocycles. The summed E-state index contributed by atoms with van der Waals surface area (Å²) in [5.41, 5.74) is 1.08. The summed E-state index contributed by atoms with van der Waals surface area (Å²) in [4.78, 5) is 9.10. The van der Waals surface area contributed by atoms with Crippen molar-refractivity contribution in [3.05, 3.63) is 64.5 Å². The number of aromatic nitrogens is 2. The second kappa shape index (κ2) is 8.57. The van der Waals surface area contributed by atoms with Gasteiger partial charge in [0.1, 0.15) is 11.6 Å². The lowest BCUT2D eigenvalue weighted by Gasteiger charge is -2.35. The van der Waals surface area contributed by atoms with Gasteiger partial charge in [-0.2, -0.15) is 13.2 Å². The molecule has 1 heterocycles. The Morgan fingerprint density at radius 1 is 1.09 bits per heavy atom. The van der Waals surface area contributed by atoms with E-state index < -0.39 is 29.5 Å². The molecule has 0 amide bonds. The SMILES string of the molecule is Cc1nc(N[C@H](C)c2cccc(C(F)(F)F)c2)c2cc(C3(O)CCC(O)CC3)cc(C)c2n1. The van der Waals surface area contributed by atoms with Gasteiger partial charge >= 0.3 is 6.18 Å². The van der Waals surface area contributed by atoms with E-state index in [2.05, 4.69) is 15.3 Å². The summed E-state index contributed by atoms with van der Waals surface area (Å²) in [7, 11) is 0. The number of benzene rings is 2. The molecule has 0 bridgehead atoms. The van der Waals surface area contributed by atoms with E-state index in [-0.39, 0.29) is 0 Å². The highest BCUT2D eigenvalue weighted by Crippen LogP contribution is 2.40. The molecule has 1 aliphatic carbocycles. The summed E-state index contributed by atoms with van der Waals surface area (Å²) >= 11 is 0. The number of hydrogen-bond donors (Lipinski definition) is 3. The molecule has 1 saturated carbocycles. The number of halogens is 3. The average molecular weight is 460 g/mol. The number of rotatable bonds is 4. The molecule has 2 aromatic carbocycles. The first-order valence-electron chi connectivity index (χ1n) is 11.1. The van der Waals surface area contributed by atoms with Crippen LogP contribution in [0.2, 0.25) is 0 Å². The van der Waals surface area contributed by atoms with Gasteiger partial charge in [-0.1, -0.05) is 18.2 Å². The average Bonchev–Trinajstić information content (AvgIpc) is 2.76. The van der Waals surface area contributed by atoms with Crippen LogP contribution >= 0.6 is 0 Å². The third-order valence-corrected chi connectivity index (χ3v) is 6.49. The maximum absolute atomic E-state index is 13.2. The van der Waals surface area contributed by atoms with Crippen molar-refractivity contribution in [2.75, 3.05) is 5.32 Å². The molecule has 4 rings (SSSR count). The van der Waals surface area contributed by atoms with E-state index in [1.165, 1.54) is 6.07 Å². The summed E-state index contributed by atoms with van der Waals surface area (Å²) in [6.45, 7) is 5.47. The molecule has 0 spiro atoms. The van der Waals surface area contributed by atoms with Crippen LogP contribution in [0.15, 0.2) is 36.4 Å². The minimum atomic E-state index is -4.41. The van der Waals surface area contributed by atoms with Crippen LogP contribution in [0.3, 0.4) is 0 Å². The maximum Gasteiger partial charge on any atom is 0.416 e. The lowest BCUT2D eigenvalue weighted by Crippen LogP contribution is -2.33. The van der Waals surface area contributed by atoms with Crippen molar-refractivity contribution in [1.29, 1.82) is 0 Å². The Kier molecular flexibility index (Phi) is 6.09. The van der Waals surface area contributed by atoms with Crippen LogP contribution in [0, 0.1) is 13.8 Å². The predicted octanol–water partition coefficient (Wildman–Crippen LogP) is 5.56. The zero-order valence-corrected chi connectivity index (χ0v) is 18.9. The largest absolute Gasteiger partial charge is 0.416 e. The van der Waals surface area contributed by atoms with Gasteiger partial charge in [0.15, 0.2) is 0 Å². The highest BCUT2D eigenvalue weighted by atomic mass is 19.4. The first-order chi connectivity index (χ1) is 15.5. The zero-order valence-electron chi connectivity index (χ0n) is 18.9. The molecular weight excluding hydrogens is 431 g/mol. The molecule has 1 aliphatic rings. The monoisotopic (exact) mass is 459 g/mol.